The van der Waals surface area contributed by atoms with Gasteiger partial charge in [-0.25, -0.2) is 29.6 Å². The minimum Gasteiger partial charge on any atom is -0.280 e. The van der Waals surface area contributed by atoms with E-state index in [-0.39, 0.29) is 26.1 Å². The van der Waals surface area contributed by atoms with E-state index in [1.165, 1.54) is 37.3 Å². The lowest BCUT2D eigenvalue weighted by Crippen LogP contribution is -2.17. The standard InChI is InChI=1S/C20H19FN2O6S3/c1-14-7-8-15(13-20(14)32(28,29)23-19-6-4-3-5-18(19)21)22-31(26,27)17-11-9-16(10-12-17)30(2,24)25/h3-13,22-23H,1-2H3. The number of benzene rings is 3. The molecule has 0 aromatic heterocycles. The molecule has 0 fully saturated rings. The van der Waals surface area contributed by atoms with Gasteiger partial charge in [-0.15, -0.1) is 0 Å². The van der Waals surface area contributed by atoms with E-state index in [0.29, 0.717) is 5.56 Å². The van der Waals surface area contributed by atoms with Crippen LogP contribution in [0.1, 0.15) is 5.56 Å². The molecule has 2 N–H and O–H groups in total. The van der Waals surface area contributed by atoms with Gasteiger partial charge in [-0.1, -0.05) is 18.2 Å². The Morgan fingerprint density at radius 2 is 1.31 bits per heavy atom. The molecule has 0 saturated carbocycles. The van der Waals surface area contributed by atoms with Gasteiger partial charge in [-0.05, 0) is 61.0 Å². The van der Waals surface area contributed by atoms with Crippen molar-refractivity contribution >= 4 is 41.3 Å². The summed E-state index contributed by atoms with van der Waals surface area (Å²) in [5, 5.41) is 0. The van der Waals surface area contributed by atoms with Crippen molar-refractivity contribution in [3.8, 4) is 0 Å². The highest BCUT2D eigenvalue weighted by Crippen LogP contribution is 2.26. The van der Waals surface area contributed by atoms with Crippen molar-refractivity contribution in [1.29, 1.82) is 0 Å². The molecule has 3 rings (SSSR count). The molecule has 3 aromatic carbocycles. The number of hydrogen-bond acceptors (Lipinski definition) is 6. The van der Waals surface area contributed by atoms with Crippen LogP contribution in [0.2, 0.25) is 0 Å². The third kappa shape index (κ3) is 5.26. The number of sulfone groups is 1. The van der Waals surface area contributed by atoms with Crippen LogP contribution in [0.25, 0.3) is 0 Å². The predicted molar refractivity (Wildman–Crippen MR) is 119 cm³/mol. The van der Waals surface area contributed by atoms with Crippen LogP contribution >= 0.6 is 0 Å². The molecule has 170 valence electrons. The number of hydrogen-bond donors (Lipinski definition) is 2. The second kappa shape index (κ2) is 8.52. The van der Waals surface area contributed by atoms with Crippen LogP contribution < -0.4 is 9.44 Å². The fraction of sp³-hybridized carbons (Fsp3) is 0.100. The molecule has 8 nitrogen and oxygen atoms in total. The molecule has 0 aliphatic rings. The van der Waals surface area contributed by atoms with Gasteiger partial charge < -0.3 is 0 Å². The second-order valence-electron chi connectivity index (χ2n) is 6.91. The van der Waals surface area contributed by atoms with Crippen molar-refractivity contribution < 1.29 is 29.6 Å². The zero-order valence-electron chi connectivity index (χ0n) is 16.9. The minimum absolute atomic E-state index is 0.0422. The smallest absolute Gasteiger partial charge is 0.262 e. The average Bonchev–Trinajstić information content (AvgIpc) is 2.70. The molecule has 0 aliphatic heterocycles. The van der Waals surface area contributed by atoms with Gasteiger partial charge in [-0.3, -0.25) is 9.44 Å². The zero-order valence-corrected chi connectivity index (χ0v) is 19.4. The Kier molecular flexibility index (Phi) is 6.31. The van der Waals surface area contributed by atoms with Gasteiger partial charge in [0.15, 0.2) is 9.84 Å². The number of rotatable bonds is 7. The molecule has 3 aromatic rings. The van der Waals surface area contributed by atoms with Gasteiger partial charge in [0, 0.05) is 6.26 Å². The zero-order chi connectivity index (χ0) is 23.7. The summed E-state index contributed by atoms with van der Waals surface area (Å²) < 4.78 is 92.3. The maximum atomic E-state index is 13.9. The fourth-order valence-corrected chi connectivity index (χ4v) is 5.80. The maximum absolute atomic E-state index is 13.9. The maximum Gasteiger partial charge on any atom is 0.262 e. The quantitative estimate of drug-likeness (QED) is 0.515. The predicted octanol–water partition coefficient (Wildman–Crippen LogP) is 3.14. The van der Waals surface area contributed by atoms with Gasteiger partial charge in [-0.2, -0.15) is 0 Å². The Bertz CT molecular complexity index is 1480. The molecule has 0 amide bonds. The number of halogens is 1. The van der Waals surface area contributed by atoms with Crippen molar-refractivity contribution in [3.05, 3.63) is 78.1 Å². The SMILES string of the molecule is Cc1ccc(NS(=O)(=O)c2ccc(S(C)(=O)=O)cc2)cc1S(=O)(=O)Nc1ccccc1F. The van der Waals surface area contributed by atoms with Gasteiger partial charge in [0.1, 0.15) is 5.82 Å². The molecule has 32 heavy (non-hydrogen) atoms. The lowest BCUT2D eigenvalue weighted by atomic mass is 10.2. The highest BCUT2D eigenvalue weighted by Gasteiger charge is 2.21. The molecular weight excluding hydrogens is 479 g/mol. The Morgan fingerprint density at radius 3 is 1.91 bits per heavy atom. The first-order chi connectivity index (χ1) is 14.8. The van der Waals surface area contributed by atoms with Crippen LogP contribution in [-0.2, 0) is 29.9 Å². The molecule has 0 unspecified atom stereocenters. The largest absolute Gasteiger partial charge is 0.280 e. The second-order valence-corrected chi connectivity index (χ2v) is 12.3. The minimum atomic E-state index is -4.22. The summed E-state index contributed by atoms with van der Waals surface area (Å²) in [4.78, 5) is -0.493. The molecular formula is C20H19FN2O6S3. The van der Waals surface area contributed by atoms with Crippen molar-refractivity contribution in [2.75, 3.05) is 15.7 Å². The molecule has 0 atom stereocenters. The fourth-order valence-electron chi connectivity index (χ4n) is 2.78. The Morgan fingerprint density at radius 1 is 0.719 bits per heavy atom. The van der Waals surface area contributed by atoms with Crippen molar-refractivity contribution in [2.24, 2.45) is 0 Å². The van der Waals surface area contributed by atoms with Crippen LogP contribution in [0, 0.1) is 12.7 Å². The summed E-state index contributed by atoms with van der Waals surface area (Å²) in [5.74, 6) is -0.761. The van der Waals surface area contributed by atoms with Crippen molar-refractivity contribution in [3.63, 3.8) is 0 Å². The average molecular weight is 499 g/mol. The summed E-state index contributed by atoms with van der Waals surface area (Å²) in [5.41, 5.74) is 0.0230. The van der Waals surface area contributed by atoms with Crippen LogP contribution in [0.5, 0.6) is 0 Å². The Balaban J connectivity index is 1.92. The third-order valence-corrected chi connectivity index (χ3v) is 8.44. The molecule has 0 saturated heterocycles. The number of anilines is 2. The lowest BCUT2D eigenvalue weighted by Gasteiger charge is -2.14. The molecule has 0 heterocycles. The lowest BCUT2D eigenvalue weighted by molar-refractivity contribution is 0.596. The Hall–Kier alpha value is -2.96. The highest BCUT2D eigenvalue weighted by molar-refractivity contribution is 7.93. The van der Waals surface area contributed by atoms with E-state index >= 15 is 0 Å². The van der Waals surface area contributed by atoms with Crippen LogP contribution in [0.15, 0.2) is 81.4 Å². The van der Waals surface area contributed by atoms with Crippen LogP contribution in [0.4, 0.5) is 15.8 Å². The first-order valence-corrected chi connectivity index (χ1v) is 13.9. The van der Waals surface area contributed by atoms with Crippen LogP contribution in [0.3, 0.4) is 0 Å². The van der Waals surface area contributed by atoms with Gasteiger partial charge in [0.25, 0.3) is 20.0 Å². The number of nitrogens with one attached hydrogen (secondary N) is 2. The summed E-state index contributed by atoms with van der Waals surface area (Å²) in [6.45, 7) is 1.51. The number of aryl methyl sites for hydroxylation is 1. The van der Waals surface area contributed by atoms with E-state index in [0.717, 1.165) is 42.7 Å². The number of sulfonamides is 2. The third-order valence-electron chi connectivity index (χ3n) is 4.41. The summed E-state index contributed by atoms with van der Waals surface area (Å²) in [7, 11) is -11.9. The molecule has 0 bridgehead atoms. The monoisotopic (exact) mass is 498 g/mol. The van der Waals surface area contributed by atoms with Crippen molar-refractivity contribution in [2.45, 2.75) is 21.6 Å². The van der Waals surface area contributed by atoms with Crippen LogP contribution in [-0.4, -0.2) is 31.5 Å². The van der Waals surface area contributed by atoms with Gasteiger partial charge in [0.05, 0.1) is 26.1 Å². The Labute approximate surface area is 186 Å². The summed E-state index contributed by atoms with van der Waals surface area (Å²) in [6.07, 6.45) is 0.998. The van der Waals surface area contributed by atoms with E-state index in [9.17, 15) is 29.6 Å². The van der Waals surface area contributed by atoms with E-state index in [1.807, 2.05) is 0 Å². The van der Waals surface area contributed by atoms with E-state index in [2.05, 4.69) is 9.44 Å². The molecule has 0 aliphatic carbocycles. The van der Waals surface area contributed by atoms with E-state index in [4.69, 9.17) is 0 Å². The van der Waals surface area contributed by atoms with E-state index in [1.54, 1.807) is 0 Å². The molecule has 12 heteroatoms. The number of para-hydroxylation sites is 1. The molecule has 0 radical (unpaired) electrons. The summed E-state index contributed by atoms with van der Waals surface area (Å²) in [6, 6.07) is 13.7. The van der Waals surface area contributed by atoms with Gasteiger partial charge >= 0.3 is 0 Å². The summed E-state index contributed by atoms with van der Waals surface area (Å²) >= 11 is 0. The van der Waals surface area contributed by atoms with Crippen molar-refractivity contribution in [1.82, 2.24) is 0 Å². The normalized spacial score (nSPS) is 12.3. The van der Waals surface area contributed by atoms with E-state index < -0.39 is 35.7 Å². The van der Waals surface area contributed by atoms with Gasteiger partial charge in [0.2, 0.25) is 0 Å². The highest BCUT2D eigenvalue weighted by atomic mass is 32.2. The topological polar surface area (TPSA) is 126 Å². The first kappa shape index (κ1) is 23.7. The first-order valence-electron chi connectivity index (χ1n) is 9.00. The molecule has 0 spiro atoms.